The van der Waals surface area contributed by atoms with E-state index in [-0.39, 0.29) is 11.5 Å². The van der Waals surface area contributed by atoms with Gasteiger partial charge >= 0.3 is 0 Å². The van der Waals surface area contributed by atoms with Crippen LogP contribution < -0.4 is 15.5 Å². The minimum atomic E-state index is -0.589. The van der Waals surface area contributed by atoms with E-state index in [1.54, 1.807) is 24.3 Å². The van der Waals surface area contributed by atoms with Crippen LogP contribution in [0.5, 0.6) is 0 Å². The van der Waals surface area contributed by atoms with E-state index >= 15 is 0 Å². The number of aryl methyl sites for hydroxylation is 1. The smallest absolute Gasteiger partial charge is 0.258 e. The summed E-state index contributed by atoms with van der Waals surface area (Å²) >= 11 is 0. The molecule has 0 fully saturated rings. The van der Waals surface area contributed by atoms with Gasteiger partial charge in [0, 0.05) is 36.1 Å². The van der Waals surface area contributed by atoms with E-state index in [0.717, 1.165) is 12.0 Å². The maximum absolute atomic E-state index is 13.9. The molecule has 6 heteroatoms. The molecule has 1 atom stereocenters. The van der Waals surface area contributed by atoms with Crippen LogP contribution in [-0.4, -0.2) is 30.9 Å². The van der Waals surface area contributed by atoms with Gasteiger partial charge in [0.25, 0.3) is 11.8 Å². The molecule has 4 rings (SSSR count). The number of halogens is 1. The predicted molar refractivity (Wildman–Crippen MR) is 125 cm³/mol. The largest absolute Gasteiger partial charge is 0.367 e. The van der Waals surface area contributed by atoms with Crippen LogP contribution >= 0.6 is 0 Å². The van der Waals surface area contributed by atoms with Gasteiger partial charge in [-0.15, -0.1) is 0 Å². The lowest BCUT2D eigenvalue weighted by Crippen LogP contribution is -2.37. The van der Waals surface area contributed by atoms with Crippen LogP contribution in [0.1, 0.15) is 38.8 Å². The molecule has 0 saturated heterocycles. The summed E-state index contributed by atoms with van der Waals surface area (Å²) in [7, 11) is 0. The van der Waals surface area contributed by atoms with E-state index in [4.69, 9.17) is 0 Å². The summed E-state index contributed by atoms with van der Waals surface area (Å²) in [6.45, 7) is 5.23. The Hall–Kier alpha value is -3.67. The molecule has 1 unspecified atom stereocenters. The number of carbonyl (C=O) groups excluding carboxylic acids is 2. The molecule has 0 aliphatic carbocycles. The summed E-state index contributed by atoms with van der Waals surface area (Å²) in [6, 6.07) is 19.7. The predicted octanol–water partition coefficient (Wildman–Crippen LogP) is 4.57. The van der Waals surface area contributed by atoms with Gasteiger partial charge in [0.2, 0.25) is 0 Å². The molecule has 2 N–H and O–H groups in total. The fourth-order valence-corrected chi connectivity index (χ4v) is 4.10. The Balaban J connectivity index is 1.39. The molecule has 0 saturated carbocycles. The molecule has 0 spiro atoms. The molecular formula is C26H26FN3O2. The zero-order chi connectivity index (χ0) is 22.7. The lowest BCUT2D eigenvalue weighted by molar-refractivity contribution is 0.0953. The summed E-state index contributed by atoms with van der Waals surface area (Å²) in [4.78, 5) is 27.5. The normalized spacial score (nSPS) is 14.7. The third kappa shape index (κ3) is 4.49. The number of carbonyl (C=O) groups is 2. The quantitative estimate of drug-likeness (QED) is 0.601. The first-order chi connectivity index (χ1) is 15.4. The van der Waals surface area contributed by atoms with E-state index in [1.165, 1.54) is 29.4 Å². The molecule has 1 aliphatic rings. The van der Waals surface area contributed by atoms with E-state index in [9.17, 15) is 14.0 Å². The van der Waals surface area contributed by atoms with Crippen LogP contribution in [0, 0.1) is 12.7 Å². The molecule has 164 valence electrons. The fraction of sp³-hybridized carbons (Fsp3) is 0.231. The van der Waals surface area contributed by atoms with Crippen molar-refractivity contribution in [3.8, 4) is 0 Å². The highest BCUT2D eigenvalue weighted by atomic mass is 19.1. The second kappa shape index (κ2) is 9.22. The van der Waals surface area contributed by atoms with Gasteiger partial charge in [0.05, 0.1) is 5.56 Å². The Kier molecular flexibility index (Phi) is 6.21. The number of hydrogen-bond donors (Lipinski definition) is 2. The van der Waals surface area contributed by atoms with Crippen LogP contribution in [0.15, 0.2) is 66.7 Å². The van der Waals surface area contributed by atoms with E-state index < -0.39 is 11.7 Å². The van der Waals surface area contributed by atoms with Gasteiger partial charge in [-0.2, -0.15) is 0 Å². The number of amides is 2. The fourth-order valence-electron chi connectivity index (χ4n) is 4.10. The molecule has 2 amide bonds. The van der Waals surface area contributed by atoms with Crippen LogP contribution in [0.25, 0.3) is 0 Å². The highest BCUT2D eigenvalue weighted by Crippen LogP contribution is 2.31. The van der Waals surface area contributed by atoms with Crippen LogP contribution in [-0.2, 0) is 6.42 Å². The average molecular weight is 432 g/mol. The second-order valence-electron chi connectivity index (χ2n) is 8.09. The molecule has 0 aromatic heterocycles. The number of fused-ring (bicyclic) bond motifs is 1. The van der Waals surface area contributed by atoms with Gasteiger partial charge in [-0.05, 0) is 61.7 Å². The monoisotopic (exact) mass is 431 g/mol. The number of anilines is 2. The van der Waals surface area contributed by atoms with Crippen molar-refractivity contribution in [1.82, 2.24) is 5.32 Å². The van der Waals surface area contributed by atoms with Gasteiger partial charge in [0.1, 0.15) is 5.82 Å². The Labute approximate surface area is 187 Å². The Morgan fingerprint density at radius 1 is 1.03 bits per heavy atom. The molecule has 3 aromatic rings. The van der Waals surface area contributed by atoms with Crippen molar-refractivity contribution in [2.24, 2.45) is 0 Å². The van der Waals surface area contributed by atoms with Gasteiger partial charge in [0.15, 0.2) is 0 Å². The van der Waals surface area contributed by atoms with Crippen molar-refractivity contribution in [3.05, 3.63) is 94.8 Å². The van der Waals surface area contributed by atoms with Crippen molar-refractivity contribution in [2.45, 2.75) is 26.3 Å². The number of rotatable bonds is 6. The summed E-state index contributed by atoms with van der Waals surface area (Å²) in [6.07, 6.45) is 1.01. The standard InChI is InChI=1S/C26H26FN3O2/c1-17-11-12-20(16-23(17)29-26(32)21-8-4-5-9-22(21)27)25(31)28-13-14-30-18(2)15-19-7-3-6-10-24(19)30/h3-12,16,18H,13-15H2,1-2H3,(H,28,31)(H,29,32). The zero-order valence-corrected chi connectivity index (χ0v) is 18.2. The van der Waals surface area contributed by atoms with Crippen LogP contribution in [0.2, 0.25) is 0 Å². The van der Waals surface area contributed by atoms with Crippen molar-refractivity contribution < 1.29 is 14.0 Å². The molecule has 3 aromatic carbocycles. The minimum Gasteiger partial charge on any atom is -0.367 e. The highest BCUT2D eigenvalue weighted by Gasteiger charge is 2.25. The SMILES string of the molecule is Cc1ccc(C(=O)NCCN2c3ccccc3CC2C)cc1NC(=O)c1ccccc1F. The maximum atomic E-state index is 13.9. The molecule has 0 bridgehead atoms. The summed E-state index contributed by atoms with van der Waals surface area (Å²) < 4.78 is 13.9. The molecular weight excluding hydrogens is 405 g/mol. The average Bonchev–Trinajstić information content (AvgIpc) is 3.10. The number of nitrogens with one attached hydrogen (secondary N) is 2. The molecule has 32 heavy (non-hydrogen) atoms. The van der Waals surface area contributed by atoms with Crippen molar-refractivity contribution in [1.29, 1.82) is 0 Å². The first-order valence-corrected chi connectivity index (χ1v) is 10.7. The topological polar surface area (TPSA) is 61.4 Å². The Morgan fingerprint density at radius 3 is 2.59 bits per heavy atom. The van der Waals surface area contributed by atoms with Gasteiger partial charge in [-0.25, -0.2) is 4.39 Å². The van der Waals surface area contributed by atoms with Gasteiger partial charge in [-0.1, -0.05) is 36.4 Å². The lowest BCUT2D eigenvalue weighted by atomic mass is 10.1. The summed E-state index contributed by atoms with van der Waals surface area (Å²) in [5.74, 6) is -1.36. The van der Waals surface area contributed by atoms with E-state index in [0.29, 0.717) is 30.4 Å². The van der Waals surface area contributed by atoms with E-state index in [1.807, 2.05) is 13.0 Å². The molecule has 5 nitrogen and oxygen atoms in total. The third-order valence-corrected chi connectivity index (χ3v) is 5.85. The molecule has 0 radical (unpaired) electrons. The number of para-hydroxylation sites is 1. The third-order valence-electron chi connectivity index (χ3n) is 5.85. The molecule has 1 heterocycles. The van der Waals surface area contributed by atoms with Crippen molar-refractivity contribution in [3.63, 3.8) is 0 Å². The van der Waals surface area contributed by atoms with Gasteiger partial charge < -0.3 is 15.5 Å². The zero-order valence-electron chi connectivity index (χ0n) is 18.2. The van der Waals surface area contributed by atoms with Crippen LogP contribution in [0.3, 0.4) is 0 Å². The highest BCUT2D eigenvalue weighted by molar-refractivity contribution is 6.05. The van der Waals surface area contributed by atoms with E-state index in [2.05, 4.69) is 40.7 Å². The number of nitrogens with zero attached hydrogens (tertiary/aromatic N) is 1. The van der Waals surface area contributed by atoms with Gasteiger partial charge in [-0.3, -0.25) is 9.59 Å². The first kappa shape index (κ1) is 21.6. The summed E-state index contributed by atoms with van der Waals surface area (Å²) in [5, 5.41) is 5.68. The Morgan fingerprint density at radius 2 is 1.78 bits per heavy atom. The summed E-state index contributed by atoms with van der Waals surface area (Å²) in [5.41, 5.74) is 4.22. The second-order valence-corrected chi connectivity index (χ2v) is 8.09. The van der Waals surface area contributed by atoms with Crippen molar-refractivity contribution >= 4 is 23.2 Å². The Bertz CT molecular complexity index is 1160. The van der Waals surface area contributed by atoms with Crippen LogP contribution in [0.4, 0.5) is 15.8 Å². The molecule has 1 aliphatic heterocycles. The first-order valence-electron chi connectivity index (χ1n) is 10.7. The number of hydrogen-bond acceptors (Lipinski definition) is 3. The maximum Gasteiger partial charge on any atom is 0.258 e. The minimum absolute atomic E-state index is 0.0400. The van der Waals surface area contributed by atoms with Crippen molar-refractivity contribution in [2.75, 3.05) is 23.3 Å². The lowest BCUT2D eigenvalue weighted by Gasteiger charge is -2.25. The number of benzene rings is 3.